The maximum absolute atomic E-state index is 12.7. The molecule has 9 heteroatoms. The van der Waals surface area contributed by atoms with Crippen molar-refractivity contribution in [3.05, 3.63) is 71.0 Å². The van der Waals surface area contributed by atoms with Crippen LogP contribution in [0.4, 0.5) is 5.69 Å². The number of methoxy groups -OCH3 is 1. The van der Waals surface area contributed by atoms with Crippen molar-refractivity contribution in [2.24, 2.45) is 5.92 Å². The second kappa shape index (κ2) is 10.9. The lowest BCUT2D eigenvalue weighted by Gasteiger charge is -2.17. The van der Waals surface area contributed by atoms with E-state index in [0.717, 1.165) is 17.0 Å². The third-order valence-corrected chi connectivity index (χ3v) is 5.83. The molecule has 35 heavy (non-hydrogen) atoms. The molecule has 0 radical (unpaired) electrons. The minimum Gasteiger partial charge on any atom is -0.497 e. The molecule has 1 unspecified atom stereocenters. The summed E-state index contributed by atoms with van der Waals surface area (Å²) >= 11 is 0. The summed E-state index contributed by atoms with van der Waals surface area (Å²) in [6, 6.07) is 17.8. The van der Waals surface area contributed by atoms with E-state index >= 15 is 0 Å². The normalized spacial score (nSPS) is 15.2. The molecule has 1 saturated heterocycles. The minimum absolute atomic E-state index is 0.101. The number of hydrogen-bond acceptors (Lipinski definition) is 6. The number of rotatable bonds is 9. The van der Waals surface area contributed by atoms with Gasteiger partial charge in [0, 0.05) is 36.8 Å². The fourth-order valence-electron chi connectivity index (χ4n) is 3.98. The summed E-state index contributed by atoms with van der Waals surface area (Å²) in [6.45, 7) is 3.26. The molecule has 1 fully saturated rings. The van der Waals surface area contributed by atoms with Crippen molar-refractivity contribution in [1.29, 1.82) is 0 Å². The summed E-state index contributed by atoms with van der Waals surface area (Å²) < 4.78 is 11.9. The van der Waals surface area contributed by atoms with Gasteiger partial charge in [-0.3, -0.25) is 14.4 Å². The fourth-order valence-corrected chi connectivity index (χ4v) is 3.98. The van der Waals surface area contributed by atoms with Gasteiger partial charge in [0.1, 0.15) is 11.5 Å². The van der Waals surface area contributed by atoms with Crippen molar-refractivity contribution in [2.75, 3.05) is 31.7 Å². The van der Waals surface area contributed by atoms with E-state index in [1.165, 1.54) is 10.7 Å². The highest BCUT2D eigenvalue weighted by molar-refractivity contribution is 6.00. The average molecular weight is 477 g/mol. The van der Waals surface area contributed by atoms with Crippen LogP contribution in [0.5, 0.6) is 11.5 Å². The van der Waals surface area contributed by atoms with Crippen molar-refractivity contribution in [3.63, 3.8) is 0 Å². The van der Waals surface area contributed by atoms with Gasteiger partial charge in [-0.25, -0.2) is 4.68 Å². The first-order valence-corrected chi connectivity index (χ1v) is 11.5. The van der Waals surface area contributed by atoms with Gasteiger partial charge >= 0.3 is 0 Å². The number of anilines is 1. The quantitative estimate of drug-likeness (QED) is 0.509. The molecule has 3 aromatic rings. The van der Waals surface area contributed by atoms with E-state index in [1.807, 2.05) is 31.2 Å². The summed E-state index contributed by atoms with van der Waals surface area (Å²) in [5.41, 5.74) is 1.98. The molecule has 0 saturated carbocycles. The van der Waals surface area contributed by atoms with Crippen molar-refractivity contribution in [3.8, 4) is 22.8 Å². The van der Waals surface area contributed by atoms with Crippen LogP contribution in [0.1, 0.15) is 13.3 Å². The van der Waals surface area contributed by atoms with Gasteiger partial charge in [-0.1, -0.05) is 0 Å². The summed E-state index contributed by atoms with van der Waals surface area (Å²) in [7, 11) is 1.58. The van der Waals surface area contributed by atoms with E-state index in [1.54, 1.807) is 42.3 Å². The molecule has 2 amide bonds. The van der Waals surface area contributed by atoms with Gasteiger partial charge in [-0.15, -0.1) is 0 Å². The molecule has 4 rings (SSSR count). The van der Waals surface area contributed by atoms with Crippen LogP contribution in [0.3, 0.4) is 0 Å². The van der Waals surface area contributed by atoms with Crippen LogP contribution in [-0.4, -0.2) is 48.4 Å². The van der Waals surface area contributed by atoms with Crippen LogP contribution in [0.25, 0.3) is 11.3 Å². The maximum atomic E-state index is 12.7. The maximum Gasteiger partial charge on any atom is 0.266 e. The highest BCUT2D eigenvalue weighted by Gasteiger charge is 2.35. The molecule has 1 aliphatic rings. The highest BCUT2D eigenvalue weighted by atomic mass is 16.5. The lowest BCUT2D eigenvalue weighted by atomic mass is 10.1. The number of carbonyl (C=O) groups is 2. The summed E-state index contributed by atoms with van der Waals surface area (Å²) in [4.78, 5) is 39.0. The standard InChI is InChI=1S/C26H28N4O5/c1-3-35-22-8-4-18(5-9-22)23-12-13-24(31)30(28-23)15-14-27-26(33)19-16-25(32)29(17-19)20-6-10-21(34-2)11-7-20/h4-13,19H,3,14-17H2,1-2H3,(H,27,33). The van der Waals surface area contributed by atoms with E-state index in [2.05, 4.69) is 10.4 Å². The first kappa shape index (κ1) is 24.0. The van der Waals surface area contributed by atoms with Crippen molar-refractivity contribution in [2.45, 2.75) is 19.9 Å². The lowest BCUT2D eigenvalue weighted by Crippen LogP contribution is -2.36. The smallest absolute Gasteiger partial charge is 0.266 e. The van der Waals surface area contributed by atoms with Crippen LogP contribution in [0, 0.1) is 5.92 Å². The first-order valence-electron chi connectivity index (χ1n) is 11.5. The molecule has 0 spiro atoms. The molecule has 0 aliphatic carbocycles. The van der Waals surface area contributed by atoms with E-state index in [-0.39, 0.29) is 36.9 Å². The van der Waals surface area contributed by atoms with Gasteiger partial charge in [0.15, 0.2) is 0 Å². The van der Waals surface area contributed by atoms with Crippen LogP contribution < -0.4 is 25.2 Å². The highest BCUT2D eigenvalue weighted by Crippen LogP contribution is 2.27. The largest absolute Gasteiger partial charge is 0.497 e. The third kappa shape index (κ3) is 5.68. The predicted molar refractivity (Wildman–Crippen MR) is 132 cm³/mol. The monoisotopic (exact) mass is 476 g/mol. The second-order valence-electron chi connectivity index (χ2n) is 8.13. The predicted octanol–water partition coefficient (Wildman–Crippen LogP) is 2.49. The summed E-state index contributed by atoms with van der Waals surface area (Å²) in [5.74, 6) is 0.694. The van der Waals surface area contributed by atoms with Crippen molar-refractivity contribution >= 4 is 17.5 Å². The molecule has 1 atom stereocenters. The molecule has 1 N–H and O–H groups in total. The number of ether oxygens (including phenoxy) is 2. The zero-order valence-corrected chi connectivity index (χ0v) is 19.8. The zero-order valence-electron chi connectivity index (χ0n) is 19.8. The van der Waals surface area contributed by atoms with Gasteiger partial charge in [-0.05, 0) is 61.5 Å². The number of aromatic nitrogens is 2. The van der Waals surface area contributed by atoms with Gasteiger partial charge in [0.2, 0.25) is 11.8 Å². The van der Waals surface area contributed by atoms with Crippen LogP contribution >= 0.6 is 0 Å². The van der Waals surface area contributed by atoms with Gasteiger partial charge in [0.25, 0.3) is 5.56 Å². The SMILES string of the molecule is CCOc1ccc(-c2ccc(=O)n(CCNC(=O)C3CC(=O)N(c4ccc(OC)cc4)C3)n2)cc1. The number of nitrogens with one attached hydrogen (secondary N) is 1. The van der Waals surface area contributed by atoms with Gasteiger partial charge in [-0.2, -0.15) is 5.10 Å². The Morgan fingerprint density at radius 1 is 1.03 bits per heavy atom. The van der Waals surface area contributed by atoms with Crippen LogP contribution in [0.15, 0.2) is 65.5 Å². The van der Waals surface area contributed by atoms with Gasteiger partial charge in [0.05, 0.1) is 31.9 Å². The number of nitrogens with zero attached hydrogens (tertiary/aromatic N) is 3. The average Bonchev–Trinajstić information content (AvgIpc) is 3.27. The van der Waals surface area contributed by atoms with Crippen LogP contribution in [-0.2, 0) is 16.1 Å². The molecule has 0 bridgehead atoms. The van der Waals surface area contributed by atoms with E-state index in [4.69, 9.17) is 9.47 Å². The fraction of sp³-hybridized carbons (Fsp3) is 0.308. The molecule has 1 aliphatic heterocycles. The molecule has 2 aromatic carbocycles. The molecule has 2 heterocycles. The Labute approximate surface area is 203 Å². The topological polar surface area (TPSA) is 103 Å². The van der Waals surface area contributed by atoms with Crippen molar-refractivity contribution in [1.82, 2.24) is 15.1 Å². The summed E-state index contributed by atoms with van der Waals surface area (Å²) in [5, 5.41) is 7.27. The second-order valence-corrected chi connectivity index (χ2v) is 8.13. The Morgan fingerprint density at radius 2 is 1.74 bits per heavy atom. The zero-order chi connectivity index (χ0) is 24.8. The molecular weight excluding hydrogens is 448 g/mol. The Kier molecular flexibility index (Phi) is 7.45. The first-order chi connectivity index (χ1) is 17.0. The van der Waals surface area contributed by atoms with Gasteiger partial charge < -0.3 is 19.7 Å². The number of carbonyl (C=O) groups excluding carboxylic acids is 2. The van der Waals surface area contributed by atoms with E-state index in [0.29, 0.717) is 24.6 Å². The number of amides is 2. The lowest BCUT2D eigenvalue weighted by molar-refractivity contribution is -0.126. The third-order valence-electron chi connectivity index (χ3n) is 5.83. The van der Waals surface area contributed by atoms with Crippen LogP contribution in [0.2, 0.25) is 0 Å². The minimum atomic E-state index is -0.454. The molecule has 1 aromatic heterocycles. The Morgan fingerprint density at radius 3 is 2.43 bits per heavy atom. The Hall–Kier alpha value is -4.14. The van der Waals surface area contributed by atoms with Crippen molar-refractivity contribution < 1.29 is 19.1 Å². The molecule has 9 nitrogen and oxygen atoms in total. The summed E-state index contributed by atoms with van der Waals surface area (Å²) in [6.07, 6.45) is 0.142. The molecular formula is C26H28N4O5. The Bertz CT molecular complexity index is 1240. The van der Waals surface area contributed by atoms with E-state index in [9.17, 15) is 14.4 Å². The number of hydrogen-bond donors (Lipinski definition) is 1. The molecule has 182 valence electrons. The Balaban J connectivity index is 1.34. The number of benzene rings is 2. The van der Waals surface area contributed by atoms with E-state index < -0.39 is 5.92 Å².